The summed E-state index contributed by atoms with van der Waals surface area (Å²) < 4.78 is 5.71. The molecule has 2 heterocycles. The minimum atomic E-state index is -0.761. The number of ether oxygens (including phenoxy) is 1. The van der Waals surface area contributed by atoms with Crippen molar-refractivity contribution in [1.82, 2.24) is 25.1 Å². The quantitative estimate of drug-likeness (QED) is 0.324. The molecule has 2 aliphatic rings. The predicted octanol–water partition coefficient (Wildman–Crippen LogP) is 2.77. The monoisotopic (exact) mass is 546 g/mol. The number of hydrogen-bond donors (Lipinski definition) is 1. The van der Waals surface area contributed by atoms with E-state index < -0.39 is 18.2 Å². The zero-order valence-corrected chi connectivity index (χ0v) is 23.1. The molecular formula is C30H38N6O4. The number of fused-ring (bicyclic) bond motifs is 1. The minimum absolute atomic E-state index is 0.128. The second-order valence-corrected chi connectivity index (χ2v) is 10.1. The van der Waals surface area contributed by atoms with E-state index in [2.05, 4.69) is 18.3 Å². The van der Waals surface area contributed by atoms with Gasteiger partial charge in [-0.05, 0) is 24.0 Å². The van der Waals surface area contributed by atoms with Crippen LogP contribution in [0, 0.1) is 11.3 Å². The molecule has 0 aliphatic carbocycles. The maximum Gasteiger partial charge on any atom is 0.334 e. The Labute approximate surface area is 236 Å². The van der Waals surface area contributed by atoms with E-state index in [1.165, 1.54) is 10.0 Å². The number of piperazine rings is 1. The molecule has 10 heteroatoms. The highest BCUT2D eigenvalue weighted by atomic mass is 16.5. The molecule has 1 unspecified atom stereocenters. The lowest BCUT2D eigenvalue weighted by Crippen LogP contribution is -2.76. The summed E-state index contributed by atoms with van der Waals surface area (Å²) in [4.78, 5) is 44.2. The molecule has 2 aliphatic heterocycles. The number of amides is 4. The molecule has 2 atom stereocenters. The number of benzene rings is 2. The van der Waals surface area contributed by atoms with Gasteiger partial charge in [0.15, 0.2) is 0 Å². The zero-order chi connectivity index (χ0) is 28.3. The number of carbonyl (C=O) groups excluding carboxylic acids is 3. The van der Waals surface area contributed by atoms with Gasteiger partial charge in [-0.25, -0.2) is 9.80 Å². The van der Waals surface area contributed by atoms with Crippen LogP contribution in [0.4, 0.5) is 4.79 Å². The number of nitriles is 1. The first-order chi connectivity index (χ1) is 19.5. The van der Waals surface area contributed by atoms with E-state index in [0.29, 0.717) is 39.1 Å². The van der Waals surface area contributed by atoms with Gasteiger partial charge in [0.05, 0.1) is 19.2 Å². The first-order valence-corrected chi connectivity index (χ1v) is 14.0. The van der Waals surface area contributed by atoms with Gasteiger partial charge in [0.1, 0.15) is 18.8 Å². The Morgan fingerprint density at radius 1 is 1.02 bits per heavy atom. The number of hydrogen-bond acceptors (Lipinski definition) is 6. The average Bonchev–Trinajstić information content (AvgIpc) is 2.97. The van der Waals surface area contributed by atoms with Gasteiger partial charge in [-0.15, -0.1) is 0 Å². The second kappa shape index (κ2) is 14.4. The highest BCUT2D eigenvalue weighted by Crippen LogP contribution is 2.28. The summed E-state index contributed by atoms with van der Waals surface area (Å²) in [5.74, 6) is -0.412. The molecule has 40 heavy (non-hydrogen) atoms. The van der Waals surface area contributed by atoms with Crippen LogP contribution < -0.4 is 5.32 Å². The molecule has 2 fully saturated rings. The molecule has 4 rings (SSSR count). The Hall–Kier alpha value is -3.94. The van der Waals surface area contributed by atoms with Crippen LogP contribution in [-0.4, -0.2) is 89.3 Å². The fraction of sp³-hybridized carbons (Fsp3) is 0.467. The molecule has 0 aromatic heterocycles. The molecule has 2 aromatic rings. The predicted molar refractivity (Wildman–Crippen MR) is 149 cm³/mol. The number of unbranched alkanes of at least 4 members (excludes halogenated alkanes) is 1. The van der Waals surface area contributed by atoms with E-state index in [0.717, 1.165) is 24.0 Å². The fourth-order valence-electron chi connectivity index (χ4n) is 5.21. The van der Waals surface area contributed by atoms with E-state index in [1.807, 2.05) is 60.7 Å². The summed E-state index contributed by atoms with van der Waals surface area (Å²) in [5.41, 5.74) is 1.86. The van der Waals surface area contributed by atoms with Crippen molar-refractivity contribution in [3.05, 3.63) is 71.8 Å². The van der Waals surface area contributed by atoms with Gasteiger partial charge in [0.25, 0.3) is 0 Å². The molecule has 0 saturated carbocycles. The lowest BCUT2D eigenvalue weighted by atomic mass is 9.98. The molecule has 4 amide bonds. The Bertz CT molecular complexity index is 1170. The van der Waals surface area contributed by atoms with E-state index >= 15 is 0 Å². The van der Waals surface area contributed by atoms with E-state index in [9.17, 15) is 19.6 Å². The summed E-state index contributed by atoms with van der Waals surface area (Å²) >= 11 is 0. The molecule has 10 nitrogen and oxygen atoms in total. The summed E-state index contributed by atoms with van der Waals surface area (Å²) in [6.45, 7) is 3.94. The van der Waals surface area contributed by atoms with Crippen LogP contribution in [0.3, 0.4) is 0 Å². The number of urea groups is 1. The number of hydrazine groups is 1. The fourth-order valence-corrected chi connectivity index (χ4v) is 5.21. The standard InChI is InChI=1S/C30H38N6O4/c1-2-3-18-40-19-10-16-33-22-27-35(26(29(33)38)20-24-11-6-4-7-12-24)28(37)23-34(17-15-31)36(27)30(39)32-21-25-13-8-5-9-14-25/h4-9,11-14,26-27H,2-3,10,16-23H2,1H3,(H,32,39)/t26-,27?/m0/s1. The third kappa shape index (κ3) is 7.17. The largest absolute Gasteiger partial charge is 0.381 e. The molecule has 0 bridgehead atoms. The van der Waals surface area contributed by atoms with Crippen LogP contribution in [0.15, 0.2) is 60.7 Å². The summed E-state index contributed by atoms with van der Waals surface area (Å²) in [6.07, 6.45) is 2.29. The summed E-state index contributed by atoms with van der Waals surface area (Å²) in [6, 6.07) is 20.0. The summed E-state index contributed by atoms with van der Waals surface area (Å²) in [5, 5.41) is 15.4. The van der Waals surface area contributed by atoms with Gasteiger partial charge in [-0.2, -0.15) is 10.3 Å². The van der Waals surface area contributed by atoms with Crippen molar-refractivity contribution in [1.29, 1.82) is 5.26 Å². The number of nitrogens with zero attached hydrogens (tertiary/aromatic N) is 5. The minimum Gasteiger partial charge on any atom is -0.381 e. The van der Waals surface area contributed by atoms with Gasteiger partial charge in [0.2, 0.25) is 11.8 Å². The van der Waals surface area contributed by atoms with E-state index in [4.69, 9.17) is 4.74 Å². The van der Waals surface area contributed by atoms with E-state index in [-0.39, 0.29) is 31.4 Å². The van der Waals surface area contributed by atoms with Crippen LogP contribution in [-0.2, 0) is 27.3 Å². The Morgan fingerprint density at radius 3 is 2.38 bits per heavy atom. The van der Waals surface area contributed by atoms with Crippen molar-refractivity contribution in [2.24, 2.45) is 0 Å². The Balaban J connectivity index is 1.59. The number of nitrogens with one attached hydrogen (secondary N) is 1. The molecule has 2 aromatic carbocycles. The smallest absolute Gasteiger partial charge is 0.334 e. The third-order valence-electron chi connectivity index (χ3n) is 7.21. The maximum absolute atomic E-state index is 13.8. The Kier molecular flexibility index (Phi) is 10.5. The highest BCUT2D eigenvalue weighted by molar-refractivity contribution is 5.91. The highest BCUT2D eigenvalue weighted by Gasteiger charge is 2.51. The lowest BCUT2D eigenvalue weighted by molar-refractivity contribution is -0.188. The molecule has 212 valence electrons. The van der Waals surface area contributed by atoms with Crippen molar-refractivity contribution in [3.8, 4) is 6.07 Å². The van der Waals surface area contributed by atoms with Crippen LogP contribution in [0.5, 0.6) is 0 Å². The molecule has 0 spiro atoms. The molecule has 2 saturated heterocycles. The van der Waals surface area contributed by atoms with Gasteiger partial charge >= 0.3 is 6.03 Å². The number of rotatable bonds is 12. The first kappa shape index (κ1) is 29.1. The zero-order valence-electron chi connectivity index (χ0n) is 23.1. The molecular weight excluding hydrogens is 508 g/mol. The van der Waals surface area contributed by atoms with Crippen molar-refractivity contribution in [3.63, 3.8) is 0 Å². The first-order valence-electron chi connectivity index (χ1n) is 14.0. The van der Waals surface area contributed by atoms with Crippen molar-refractivity contribution in [2.75, 3.05) is 39.4 Å². The third-order valence-corrected chi connectivity index (χ3v) is 7.21. The average molecular weight is 547 g/mol. The topological polar surface area (TPSA) is 109 Å². The normalized spacial score (nSPS) is 19.4. The molecule has 0 radical (unpaired) electrons. The van der Waals surface area contributed by atoms with Crippen LogP contribution in [0.25, 0.3) is 0 Å². The van der Waals surface area contributed by atoms with Gasteiger partial charge in [-0.3, -0.25) is 9.59 Å². The van der Waals surface area contributed by atoms with Gasteiger partial charge < -0.3 is 19.9 Å². The second-order valence-electron chi connectivity index (χ2n) is 10.1. The van der Waals surface area contributed by atoms with Crippen LogP contribution >= 0.6 is 0 Å². The van der Waals surface area contributed by atoms with Gasteiger partial charge in [-0.1, -0.05) is 74.0 Å². The van der Waals surface area contributed by atoms with Crippen molar-refractivity contribution in [2.45, 2.75) is 51.4 Å². The van der Waals surface area contributed by atoms with E-state index in [1.54, 1.807) is 9.80 Å². The van der Waals surface area contributed by atoms with Gasteiger partial charge in [0, 0.05) is 32.7 Å². The maximum atomic E-state index is 13.8. The molecule has 1 N–H and O–H groups in total. The Morgan fingerprint density at radius 2 is 1.70 bits per heavy atom. The SMILES string of the molecule is CCCCOCCCN1CC2N(C(=O)CN(CC#N)N2C(=O)NCc2ccccc2)[C@@H](Cc2ccccc2)C1=O. The van der Waals surface area contributed by atoms with Crippen molar-refractivity contribution < 1.29 is 19.1 Å². The number of carbonyl (C=O) groups is 3. The van der Waals surface area contributed by atoms with Crippen LogP contribution in [0.2, 0.25) is 0 Å². The van der Waals surface area contributed by atoms with Crippen LogP contribution in [0.1, 0.15) is 37.3 Å². The summed E-state index contributed by atoms with van der Waals surface area (Å²) in [7, 11) is 0. The van der Waals surface area contributed by atoms with Crippen molar-refractivity contribution >= 4 is 17.8 Å². The lowest BCUT2D eigenvalue weighted by Gasteiger charge is -2.54.